The predicted octanol–water partition coefficient (Wildman–Crippen LogP) is 0.807. The van der Waals surface area contributed by atoms with Gasteiger partial charge in [-0.3, -0.25) is 19.1 Å². The Balaban J connectivity index is 1.42. The van der Waals surface area contributed by atoms with Crippen LogP contribution in [0.5, 0.6) is 0 Å². The Morgan fingerprint density at radius 1 is 1.08 bits per heavy atom. The van der Waals surface area contributed by atoms with Crippen LogP contribution in [0.1, 0.15) is 5.82 Å². The number of nitrogens with zero attached hydrogens (tertiary/aromatic N) is 8. The van der Waals surface area contributed by atoms with Gasteiger partial charge in [0.25, 0.3) is 0 Å². The number of imidazole rings is 1. The van der Waals surface area contributed by atoms with Crippen LogP contribution in [0.4, 0.5) is 5.82 Å². The molecule has 0 radical (unpaired) electrons. The van der Waals surface area contributed by atoms with Crippen molar-refractivity contribution in [3.05, 3.63) is 30.2 Å². The summed E-state index contributed by atoms with van der Waals surface area (Å²) in [6.45, 7) is 7.40. The van der Waals surface area contributed by atoms with E-state index in [1.54, 1.807) is 7.11 Å². The fourth-order valence-electron chi connectivity index (χ4n) is 5.27. The van der Waals surface area contributed by atoms with Crippen molar-refractivity contribution in [3.63, 3.8) is 0 Å². The summed E-state index contributed by atoms with van der Waals surface area (Å²) in [5.74, 6) is 2.40. The Morgan fingerprint density at radius 3 is 2.64 bits per heavy atom. The van der Waals surface area contributed by atoms with E-state index in [2.05, 4.69) is 24.6 Å². The smallest absolute Gasteiger partial charge is 0.166 e. The van der Waals surface area contributed by atoms with Gasteiger partial charge in [-0.05, 0) is 17.1 Å². The highest BCUT2D eigenvalue weighted by Gasteiger charge is 2.26. The molecule has 0 bridgehead atoms. The van der Waals surface area contributed by atoms with Crippen LogP contribution in [0.3, 0.4) is 0 Å². The lowest BCUT2D eigenvalue weighted by Crippen LogP contribution is -2.47. The number of aromatic amines is 1. The summed E-state index contributed by atoms with van der Waals surface area (Å²) in [5.41, 5.74) is 3.38. The standard InChI is InChI=1S/C25H33N9O4S/c1-37-12-11-34-21(16-31-5-7-32(8-6-31)17-39(35)36)27-22-24(33-9-13-38-14-10-33)28-23(29-25(22)34)18-3-2-4-20-19(18)15-26-30-20/h2-4,15H,5-14,16-17H2,1H3,(H,26,30)(H,35,36)/p-1. The molecule has 5 heterocycles. The molecule has 0 spiro atoms. The highest BCUT2D eigenvalue weighted by Crippen LogP contribution is 2.32. The zero-order valence-electron chi connectivity index (χ0n) is 21.9. The first kappa shape index (κ1) is 26.2. The van der Waals surface area contributed by atoms with Crippen molar-refractivity contribution in [1.29, 1.82) is 0 Å². The summed E-state index contributed by atoms with van der Waals surface area (Å²) in [5, 5.41) is 8.23. The molecule has 0 amide bonds. The Kier molecular flexibility index (Phi) is 7.81. The van der Waals surface area contributed by atoms with E-state index in [0.29, 0.717) is 51.8 Å². The monoisotopic (exact) mass is 554 g/mol. The molecule has 2 fully saturated rings. The Labute approximate surface area is 228 Å². The lowest BCUT2D eigenvalue weighted by molar-refractivity contribution is 0.122. The van der Waals surface area contributed by atoms with Crippen LogP contribution in [-0.2, 0) is 33.6 Å². The molecule has 1 atom stereocenters. The molecule has 4 aromatic rings. The quantitative estimate of drug-likeness (QED) is 0.294. The number of piperazine rings is 1. The largest absolute Gasteiger partial charge is 0.771 e. The van der Waals surface area contributed by atoms with Gasteiger partial charge in [0.2, 0.25) is 0 Å². The first-order valence-corrected chi connectivity index (χ1v) is 14.4. The van der Waals surface area contributed by atoms with E-state index >= 15 is 0 Å². The van der Waals surface area contributed by atoms with Crippen molar-refractivity contribution in [2.45, 2.75) is 13.1 Å². The molecule has 14 heteroatoms. The number of benzene rings is 1. The van der Waals surface area contributed by atoms with E-state index in [1.807, 2.05) is 29.3 Å². The molecule has 3 aromatic heterocycles. The van der Waals surface area contributed by atoms with Crippen LogP contribution < -0.4 is 4.90 Å². The third-order valence-electron chi connectivity index (χ3n) is 7.33. The summed E-state index contributed by atoms with van der Waals surface area (Å²) in [4.78, 5) is 21.8. The number of aromatic nitrogens is 6. The number of hydrogen-bond acceptors (Lipinski definition) is 11. The second-order valence-corrected chi connectivity index (χ2v) is 10.6. The lowest BCUT2D eigenvalue weighted by atomic mass is 10.1. The highest BCUT2D eigenvalue weighted by atomic mass is 32.2. The number of morpholine rings is 1. The molecule has 0 aliphatic carbocycles. The molecule has 2 aliphatic rings. The van der Waals surface area contributed by atoms with Crippen LogP contribution in [-0.4, -0.2) is 120 Å². The zero-order valence-corrected chi connectivity index (χ0v) is 22.7. The molecule has 0 saturated carbocycles. The number of hydrogen-bond donors (Lipinski definition) is 1. The molecule has 208 valence electrons. The van der Waals surface area contributed by atoms with Crippen LogP contribution in [0, 0.1) is 0 Å². The van der Waals surface area contributed by atoms with Crippen molar-refractivity contribution < 1.29 is 18.2 Å². The molecule has 1 N–H and O–H groups in total. The zero-order chi connectivity index (χ0) is 26.8. The number of rotatable bonds is 9. The van der Waals surface area contributed by atoms with Gasteiger partial charge in [-0.25, -0.2) is 15.0 Å². The van der Waals surface area contributed by atoms with Crippen molar-refractivity contribution in [3.8, 4) is 11.4 Å². The van der Waals surface area contributed by atoms with Gasteiger partial charge in [-0.2, -0.15) is 5.10 Å². The summed E-state index contributed by atoms with van der Waals surface area (Å²) in [7, 11) is 1.69. The molecular weight excluding hydrogens is 522 g/mol. The first-order chi connectivity index (χ1) is 19.1. The summed E-state index contributed by atoms with van der Waals surface area (Å²) >= 11 is -2.07. The molecule has 39 heavy (non-hydrogen) atoms. The molecule has 6 rings (SSSR count). The number of fused-ring (bicyclic) bond motifs is 2. The maximum atomic E-state index is 11.1. The van der Waals surface area contributed by atoms with Gasteiger partial charge in [0.05, 0.1) is 44.0 Å². The summed E-state index contributed by atoms with van der Waals surface area (Å²) in [6, 6.07) is 5.99. The number of methoxy groups -OCH3 is 1. The van der Waals surface area contributed by atoms with Crippen LogP contribution >= 0.6 is 0 Å². The van der Waals surface area contributed by atoms with Gasteiger partial charge >= 0.3 is 0 Å². The van der Waals surface area contributed by atoms with E-state index in [-0.39, 0.29) is 5.88 Å². The van der Waals surface area contributed by atoms with Crippen molar-refractivity contribution in [2.75, 3.05) is 77.0 Å². The maximum Gasteiger partial charge on any atom is 0.166 e. The second-order valence-electron chi connectivity index (χ2n) is 9.78. The van der Waals surface area contributed by atoms with Gasteiger partial charge in [-0.15, -0.1) is 0 Å². The summed E-state index contributed by atoms with van der Waals surface area (Å²) in [6.07, 6.45) is 1.81. The molecule has 2 saturated heterocycles. The van der Waals surface area contributed by atoms with Gasteiger partial charge in [0, 0.05) is 63.9 Å². The maximum absolute atomic E-state index is 11.1. The molecular formula is C25H32N9O4S-. The average Bonchev–Trinajstić information content (AvgIpc) is 3.57. The minimum Gasteiger partial charge on any atom is -0.771 e. The van der Waals surface area contributed by atoms with Crippen molar-refractivity contribution in [2.24, 2.45) is 0 Å². The predicted molar refractivity (Wildman–Crippen MR) is 146 cm³/mol. The average molecular weight is 555 g/mol. The number of anilines is 1. The van der Waals surface area contributed by atoms with E-state index in [9.17, 15) is 8.76 Å². The van der Waals surface area contributed by atoms with Crippen LogP contribution in [0.25, 0.3) is 33.5 Å². The second kappa shape index (κ2) is 11.6. The normalized spacial score (nSPS) is 18.4. The van der Waals surface area contributed by atoms with Crippen molar-refractivity contribution in [1.82, 2.24) is 39.5 Å². The van der Waals surface area contributed by atoms with Crippen LogP contribution in [0.2, 0.25) is 0 Å². The first-order valence-electron chi connectivity index (χ1n) is 13.1. The van der Waals surface area contributed by atoms with E-state index in [0.717, 1.165) is 65.5 Å². The van der Waals surface area contributed by atoms with Gasteiger partial charge in [-0.1, -0.05) is 12.1 Å². The number of H-pyrrole nitrogens is 1. The SMILES string of the molecule is COCCn1c(CN2CCN(CS(=O)[O-])CC2)nc2c(N3CCOCC3)nc(-c3cccc4[nH]ncc34)nc21. The van der Waals surface area contributed by atoms with Gasteiger partial charge in [0.15, 0.2) is 22.8 Å². The fraction of sp³-hybridized carbons (Fsp3) is 0.520. The highest BCUT2D eigenvalue weighted by molar-refractivity contribution is 7.79. The number of ether oxygens (including phenoxy) is 2. The minimum absolute atomic E-state index is 0.0743. The van der Waals surface area contributed by atoms with E-state index in [4.69, 9.17) is 24.4 Å². The molecule has 13 nitrogen and oxygen atoms in total. The third-order valence-corrected chi connectivity index (χ3v) is 7.90. The minimum atomic E-state index is -2.07. The Bertz CT molecular complexity index is 1460. The molecule has 1 unspecified atom stereocenters. The van der Waals surface area contributed by atoms with E-state index < -0.39 is 11.1 Å². The number of nitrogens with one attached hydrogen (secondary N) is 1. The third kappa shape index (κ3) is 5.53. The topological polar surface area (TPSA) is 141 Å². The van der Waals surface area contributed by atoms with E-state index in [1.165, 1.54) is 0 Å². The Hall–Kier alpha value is -3.01. The Morgan fingerprint density at radius 2 is 1.87 bits per heavy atom. The van der Waals surface area contributed by atoms with Crippen molar-refractivity contribution >= 4 is 39.0 Å². The summed E-state index contributed by atoms with van der Waals surface area (Å²) < 4.78 is 35.5. The lowest BCUT2D eigenvalue weighted by Gasteiger charge is -2.34. The van der Waals surface area contributed by atoms with Gasteiger partial charge < -0.3 is 23.5 Å². The molecule has 1 aromatic carbocycles. The van der Waals surface area contributed by atoms with Gasteiger partial charge in [0.1, 0.15) is 5.82 Å². The van der Waals surface area contributed by atoms with Crippen LogP contribution in [0.15, 0.2) is 24.4 Å². The molecule has 2 aliphatic heterocycles. The fourth-order valence-corrected chi connectivity index (χ4v) is 5.83.